The van der Waals surface area contributed by atoms with Gasteiger partial charge in [-0.3, -0.25) is 0 Å². The van der Waals surface area contributed by atoms with Gasteiger partial charge in [0.05, 0.1) is 22.2 Å². The Hall–Kier alpha value is -9.90. The van der Waals surface area contributed by atoms with Gasteiger partial charge < -0.3 is 18.6 Å². The van der Waals surface area contributed by atoms with Crippen molar-refractivity contribution in [3.63, 3.8) is 0 Å². The van der Waals surface area contributed by atoms with Crippen molar-refractivity contribution in [3.05, 3.63) is 289 Å². The van der Waals surface area contributed by atoms with Crippen LogP contribution < -0.4 is 9.80 Å². The van der Waals surface area contributed by atoms with E-state index in [1.165, 1.54) is 49.7 Å². The molecule has 0 saturated heterocycles. The summed E-state index contributed by atoms with van der Waals surface area (Å²) in [6.45, 7) is 0. The quantitative estimate of drug-likeness (QED) is 0.159. The van der Waals surface area contributed by atoms with Crippen molar-refractivity contribution >= 4 is 88.8 Å². The number of rotatable bonds is 7. The van der Waals surface area contributed by atoms with Crippen molar-refractivity contribution in [1.29, 1.82) is 0 Å². The van der Waals surface area contributed by atoms with Gasteiger partial charge in [-0.25, -0.2) is 0 Å². The SMILES string of the molecule is c1ccc(-c2ccc(N(c3ccccc3)c3cc4c(c5c3oc3ccccc35)-c3c(cc(N(c5ccccc5)c5ccc6ccccc6c5)c5c3oc3ccccc35)C43c4ccccc4-c4ccccc43)cc2)cc1. The van der Waals surface area contributed by atoms with Gasteiger partial charge in [0.2, 0.25) is 0 Å². The average Bonchev–Trinajstić information content (AvgIpc) is 4.41. The van der Waals surface area contributed by atoms with Gasteiger partial charge in [-0.1, -0.05) is 194 Å². The zero-order chi connectivity index (χ0) is 49.2. The molecule has 1 spiro atoms. The fraction of sp³-hybridized carbons (Fsp3) is 0.0141. The van der Waals surface area contributed by atoms with Gasteiger partial charge in [0.15, 0.2) is 5.58 Å². The highest BCUT2D eigenvalue weighted by Gasteiger charge is 2.54. The lowest BCUT2D eigenvalue weighted by molar-refractivity contribution is 0.668. The summed E-state index contributed by atoms with van der Waals surface area (Å²) in [4.78, 5) is 4.84. The van der Waals surface area contributed by atoms with E-state index in [1.807, 2.05) is 0 Å². The highest BCUT2D eigenvalue weighted by Crippen LogP contribution is 2.68. The maximum atomic E-state index is 7.50. The molecule has 0 aliphatic heterocycles. The Morgan fingerprint density at radius 1 is 0.293 bits per heavy atom. The molecule has 350 valence electrons. The first-order chi connectivity index (χ1) is 37.2. The number of benzene rings is 12. The first-order valence-electron chi connectivity index (χ1n) is 25.7. The van der Waals surface area contributed by atoms with Crippen LogP contribution in [-0.4, -0.2) is 0 Å². The molecule has 2 aromatic heterocycles. The number of hydrogen-bond acceptors (Lipinski definition) is 4. The normalized spacial score (nSPS) is 12.9. The second-order valence-corrected chi connectivity index (χ2v) is 19.9. The van der Waals surface area contributed by atoms with Crippen LogP contribution >= 0.6 is 0 Å². The second kappa shape index (κ2) is 16.1. The minimum Gasteiger partial charge on any atom is -0.455 e. The van der Waals surface area contributed by atoms with E-state index in [-0.39, 0.29) is 0 Å². The lowest BCUT2D eigenvalue weighted by Gasteiger charge is -2.33. The highest BCUT2D eigenvalue weighted by molar-refractivity contribution is 6.26. The van der Waals surface area contributed by atoms with E-state index >= 15 is 0 Å². The van der Waals surface area contributed by atoms with Crippen LogP contribution in [-0.2, 0) is 5.41 Å². The van der Waals surface area contributed by atoms with Crippen LogP contribution in [0.3, 0.4) is 0 Å². The number of anilines is 6. The van der Waals surface area contributed by atoms with E-state index in [0.29, 0.717) is 0 Å². The Bertz CT molecular complexity index is 4550. The fourth-order valence-corrected chi connectivity index (χ4v) is 12.9. The lowest BCUT2D eigenvalue weighted by Crippen LogP contribution is -2.26. The standard InChI is InChI=1S/C71H44N2O2/c1-4-20-45(21-5-1)47-36-39-51(40-37-47)72(49-24-6-2-7-25-49)62-44-59-67(66-56-31-15-19-35-64(56)74-69(62)66)68-60(71(59)57-32-16-12-28-53(57)54-29-13-17-33-58(54)71)43-61(65-55-30-14-18-34-63(55)75-70(65)68)73(50-26-8-3-9-27-50)52-41-38-46-22-10-11-23-48(46)42-52/h1-44H. The molecule has 12 aromatic carbocycles. The molecule has 16 rings (SSSR count). The Labute approximate surface area is 433 Å². The predicted molar refractivity (Wildman–Crippen MR) is 310 cm³/mol. The number of nitrogens with zero attached hydrogens (tertiary/aromatic N) is 2. The van der Waals surface area contributed by atoms with Crippen LogP contribution in [0.25, 0.3) is 88.0 Å². The fourth-order valence-electron chi connectivity index (χ4n) is 12.9. The van der Waals surface area contributed by atoms with Gasteiger partial charge in [-0.05, 0) is 128 Å². The van der Waals surface area contributed by atoms with E-state index in [0.717, 1.165) is 94.7 Å². The van der Waals surface area contributed by atoms with Crippen LogP contribution in [0, 0.1) is 0 Å². The summed E-state index contributed by atoms with van der Waals surface area (Å²) in [6, 6.07) is 96.8. The Balaban J connectivity index is 1.09. The van der Waals surface area contributed by atoms with Crippen molar-refractivity contribution in [1.82, 2.24) is 0 Å². The number of hydrogen-bond donors (Lipinski definition) is 0. The zero-order valence-corrected chi connectivity index (χ0v) is 40.6. The minimum atomic E-state index is -0.799. The largest absolute Gasteiger partial charge is 0.455 e. The smallest absolute Gasteiger partial charge is 0.160 e. The topological polar surface area (TPSA) is 32.8 Å². The summed E-state index contributed by atoms with van der Waals surface area (Å²) in [5, 5.41) is 6.59. The van der Waals surface area contributed by atoms with Crippen molar-refractivity contribution in [3.8, 4) is 33.4 Å². The van der Waals surface area contributed by atoms with Crippen LogP contribution in [0.1, 0.15) is 22.3 Å². The molecule has 0 unspecified atom stereocenters. The molecule has 0 fully saturated rings. The van der Waals surface area contributed by atoms with E-state index in [9.17, 15) is 0 Å². The van der Waals surface area contributed by atoms with Crippen LogP contribution in [0.4, 0.5) is 34.1 Å². The molecule has 0 saturated carbocycles. The number of furan rings is 2. The van der Waals surface area contributed by atoms with Crippen molar-refractivity contribution in [2.75, 3.05) is 9.80 Å². The van der Waals surface area contributed by atoms with Gasteiger partial charge in [0.1, 0.15) is 16.7 Å². The van der Waals surface area contributed by atoms with Gasteiger partial charge in [-0.15, -0.1) is 0 Å². The molecule has 2 heterocycles. The van der Waals surface area contributed by atoms with Gasteiger partial charge >= 0.3 is 0 Å². The molecular formula is C71H44N2O2. The molecule has 0 bridgehead atoms. The lowest BCUT2D eigenvalue weighted by atomic mass is 9.70. The summed E-state index contributed by atoms with van der Waals surface area (Å²) in [7, 11) is 0. The van der Waals surface area contributed by atoms with E-state index in [2.05, 4.69) is 277 Å². The molecule has 2 aliphatic carbocycles. The van der Waals surface area contributed by atoms with E-state index in [4.69, 9.17) is 8.83 Å². The Morgan fingerprint density at radius 2 is 0.760 bits per heavy atom. The molecule has 75 heavy (non-hydrogen) atoms. The maximum Gasteiger partial charge on any atom is 0.160 e. The van der Waals surface area contributed by atoms with Crippen molar-refractivity contribution in [2.24, 2.45) is 0 Å². The number of para-hydroxylation sites is 4. The van der Waals surface area contributed by atoms with Crippen molar-refractivity contribution < 1.29 is 8.83 Å². The monoisotopic (exact) mass is 956 g/mol. The first kappa shape index (κ1) is 41.7. The molecule has 14 aromatic rings. The average molecular weight is 957 g/mol. The van der Waals surface area contributed by atoms with Gasteiger partial charge in [-0.2, -0.15) is 0 Å². The summed E-state index contributed by atoms with van der Waals surface area (Å²) < 4.78 is 14.8. The zero-order valence-electron chi connectivity index (χ0n) is 40.6. The molecule has 0 atom stereocenters. The third-order valence-electron chi connectivity index (χ3n) is 16.0. The summed E-state index contributed by atoms with van der Waals surface area (Å²) in [6.07, 6.45) is 0. The molecule has 0 amide bonds. The van der Waals surface area contributed by atoms with Gasteiger partial charge in [0, 0.05) is 50.0 Å². The van der Waals surface area contributed by atoms with Crippen LogP contribution in [0.5, 0.6) is 0 Å². The molecule has 0 N–H and O–H groups in total. The molecule has 4 heteroatoms. The summed E-state index contributed by atoms with van der Waals surface area (Å²) in [5.74, 6) is 0. The molecular weight excluding hydrogens is 913 g/mol. The van der Waals surface area contributed by atoms with E-state index < -0.39 is 5.41 Å². The summed E-state index contributed by atoms with van der Waals surface area (Å²) >= 11 is 0. The molecule has 4 nitrogen and oxygen atoms in total. The Kier molecular flexibility index (Phi) is 8.92. The minimum absolute atomic E-state index is 0.799. The van der Waals surface area contributed by atoms with Crippen molar-refractivity contribution in [2.45, 2.75) is 5.41 Å². The van der Waals surface area contributed by atoms with E-state index in [1.54, 1.807) is 0 Å². The third-order valence-corrected chi connectivity index (χ3v) is 16.0. The summed E-state index contributed by atoms with van der Waals surface area (Å²) in [5.41, 5.74) is 20.5. The molecule has 2 aliphatic rings. The highest BCUT2D eigenvalue weighted by atomic mass is 16.3. The third kappa shape index (κ3) is 5.93. The van der Waals surface area contributed by atoms with Gasteiger partial charge in [0.25, 0.3) is 0 Å². The first-order valence-corrected chi connectivity index (χ1v) is 25.7. The van der Waals surface area contributed by atoms with Crippen LogP contribution in [0.2, 0.25) is 0 Å². The second-order valence-electron chi connectivity index (χ2n) is 19.9. The Morgan fingerprint density at radius 3 is 1.43 bits per heavy atom. The number of fused-ring (bicyclic) bond motifs is 19. The maximum absolute atomic E-state index is 7.50. The molecule has 0 radical (unpaired) electrons. The van der Waals surface area contributed by atoms with Crippen LogP contribution in [0.15, 0.2) is 276 Å². The predicted octanol–water partition coefficient (Wildman–Crippen LogP) is 19.6.